The minimum absolute atomic E-state index is 0.224. The lowest BCUT2D eigenvalue weighted by Gasteiger charge is -2.17. The number of carbonyl (C=O) groups is 1. The SMILES string of the molecule is CCC(=O)N1CCC(Nc2ncnc3ccccc23)C1. The first-order chi connectivity index (χ1) is 9.78. The van der Waals surface area contributed by atoms with Crippen LogP contribution in [0.4, 0.5) is 5.82 Å². The monoisotopic (exact) mass is 270 g/mol. The Morgan fingerprint density at radius 1 is 1.40 bits per heavy atom. The standard InChI is InChI=1S/C15H18N4O/c1-2-14(20)19-8-7-11(9-19)18-15-12-5-3-4-6-13(12)16-10-17-15/h3-6,10-11H,2,7-9H2,1H3,(H,16,17,18). The van der Waals surface area contributed by atoms with E-state index in [2.05, 4.69) is 15.3 Å². The number of hydrogen-bond acceptors (Lipinski definition) is 4. The second-order valence-electron chi connectivity index (χ2n) is 5.06. The van der Waals surface area contributed by atoms with Crippen LogP contribution in [0.1, 0.15) is 19.8 Å². The third-order valence-corrected chi connectivity index (χ3v) is 3.73. The Morgan fingerprint density at radius 3 is 3.10 bits per heavy atom. The van der Waals surface area contributed by atoms with Crippen molar-refractivity contribution in [2.24, 2.45) is 0 Å². The molecule has 104 valence electrons. The molecule has 5 nitrogen and oxygen atoms in total. The summed E-state index contributed by atoms with van der Waals surface area (Å²) >= 11 is 0. The maximum absolute atomic E-state index is 11.7. The summed E-state index contributed by atoms with van der Waals surface area (Å²) in [6.45, 7) is 3.49. The smallest absolute Gasteiger partial charge is 0.222 e. The van der Waals surface area contributed by atoms with Gasteiger partial charge in [-0.05, 0) is 18.6 Å². The van der Waals surface area contributed by atoms with Crippen LogP contribution in [-0.4, -0.2) is 39.9 Å². The molecular formula is C15H18N4O. The summed E-state index contributed by atoms with van der Waals surface area (Å²) < 4.78 is 0. The van der Waals surface area contributed by atoms with Crippen LogP contribution in [0.5, 0.6) is 0 Å². The minimum atomic E-state index is 0.224. The molecule has 0 saturated carbocycles. The van der Waals surface area contributed by atoms with Gasteiger partial charge < -0.3 is 10.2 Å². The summed E-state index contributed by atoms with van der Waals surface area (Å²) in [5.41, 5.74) is 0.935. The zero-order valence-corrected chi connectivity index (χ0v) is 11.5. The van der Waals surface area contributed by atoms with Crippen LogP contribution in [-0.2, 0) is 4.79 Å². The molecule has 3 rings (SSSR count). The summed E-state index contributed by atoms with van der Waals surface area (Å²) in [6, 6.07) is 8.21. The van der Waals surface area contributed by atoms with Gasteiger partial charge in [0, 0.05) is 30.9 Å². The van der Waals surface area contributed by atoms with E-state index >= 15 is 0 Å². The van der Waals surface area contributed by atoms with Crippen LogP contribution < -0.4 is 5.32 Å². The summed E-state index contributed by atoms with van der Waals surface area (Å²) in [5.74, 6) is 1.08. The van der Waals surface area contributed by atoms with Crippen molar-refractivity contribution in [2.45, 2.75) is 25.8 Å². The number of nitrogens with zero attached hydrogens (tertiary/aromatic N) is 3. The summed E-state index contributed by atoms with van der Waals surface area (Å²) in [4.78, 5) is 22.2. The molecule has 2 heterocycles. The van der Waals surface area contributed by atoms with Gasteiger partial charge in [-0.25, -0.2) is 9.97 Å². The maximum Gasteiger partial charge on any atom is 0.222 e. The Kier molecular flexibility index (Phi) is 3.50. The molecule has 5 heteroatoms. The van der Waals surface area contributed by atoms with Crippen LogP contribution in [0.25, 0.3) is 10.9 Å². The Bertz CT molecular complexity index is 623. The Balaban J connectivity index is 1.76. The van der Waals surface area contributed by atoms with Crippen LogP contribution in [0.2, 0.25) is 0 Å². The Labute approximate surface area is 118 Å². The lowest BCUT2D eigenvalue weighted by atomic mass is 10.2. The number of aromatic nitrogens is 2. The van der Waals surface area contributed by atoms with E-state index < -0.39 is 0 Å². The first kappa shape index (κ1) is 12.8. The lowest BCUT2D eigenvalue weighted by Crippen LogP contribution is -2.31. The van der Waals surface area contributed by atoms with Gasteiger partial charge in [0.25, 0.3) is 0 Å². The normalized spacial score (nSPS) is 18.4. The second kappa shape index (κ2) is 5.45. The zero-order chi connectivity index (χ0) is 13.9. The molecule has 1 aromatic carbocycles. The molecule has 0 spiro atoms. The van der Waals surface area contributed by atoms with Crippen molar-refractivity contribution < 1.29 is 4.79 Å². The van der Waals surface area contributed by atoms with Gasteiger partial charge in [0.1, 0.15) is 12.1 Å². The van der Waals surface area contributed by atoms with E-state index in [4.69, 9.17) is 0 Å². The van der Waals surface area contributed by atoms with E-state index in [9.17, 15) is 4.79 Å². The van der Waals surface area contributed by atoms with Gasteiger partial charge in [-0.3, -0.25) is 4.79 Å². The number of rotatable bonds is 3. The van der Waals surface area contributed by atoms with E-state index in [1.54, 1.807) is 6.33 Å². The molecule has 1 atom stereocenters. The van der Waals surface area contributed by atoms with E-state index in [1.165, 1.54) is 0 Å². The van der Waals surface area contributed by atoms with Crippen LogP contribution in [0.15, 0.2) is 30.6 Å². The molecule has 0 radical (unpaired) electrons. The molecule has 1 unspecified atom stereocenters. The number of amides is 1. The number of para-hydroxylation sites is 1. The topological polar surface area (TPSA) is 58.1 Å². The van der Waals surface area contributed by atoms with Gasteiger partial charge in [-0.1, -0.05) is 19.1 Å². The Hall–Kier alpha value is -2.17. The van der Waals surface area contributed by atoms with Crippen molar-refractivity contribution in [2.75, 3.05) is 18.4 Å². The molecule has 0 bridgehead atoms. The number of benzene rings is 1. The minimum Gasteiger partial charge on any atom is -0.365 e. The van der Waals surface area contributed by atoms with Gasteiger partial charge >= 0.3 is 0 Å². The molecule has 1 aliphatic heterocycles. The van der Waals surface area contributed by atoms with Crippen molar-refractivity contribution in [1.82, 2.24) is 14.9 Å². The summed E-state index contributed by atoms with van der Waals surface area (Å²) in [6.07, 6.45) is 3.11. The number of fused-ring (bicyclic) bond motifs is 1. The highest BCUT2D eigenvalue weighted by atomic mass is 16.2. The quantitative estimate of drug-likeness (QED) is 0.927. The van der Waals surface area contributed by atoms with Gasteiger partial charge in [0.2, 0.25) is 5.91 Å². The zero-order valence-electron chi connectivity index (χ0n) is 11.5. The van der Waals surface area contributed by atoms with Crippen molar-refractivity contribution in [1.29, 1.82) is 0 Å². The van der Waals surface area contributed by atoms with E-state index in [-0.39, 0.29) is 11.9 Å². The van der Waals surface area contributed by atoms with Gasteiger partial charge in [-0.15, -0.1) is 0 Å². The highest BCUT2D eigenvalue weighted by Gasteiger charge is 2.25. The number of anilines is 1. The number of hydrogen-bond donors (Lipinski definition) is 1. The van der Waals surface area contributed by atoms with E-state index in [0.717, 1.165) is 36.2 Å². The maximum atomic E-state index is 11.7. The molecule has 1 aromatic heterocycles. The van der Waals surface area contributed by atoms with Crippen molar-refractivity contribution in [3.05, 3.63) is 30.6 Å². The highest BCUT2D eigenvalue weighted by Crippen LogP contribution is 2.21. The van der Waals surface area contributed by atoms with Crippen LogP contribution in [0.3, 0.4) is 0 Å². The average Bonchev–Trinajstić information content (AvgIpc) is 2.95. The number of carbonyl (C=O) groups excluding carboxylic acids is 1. The van der Waals surface area contributed by atoms with Crippen LogP contribution in [0, 0.1) is 0 Å². The molecule has 1 amide bonds. The molecule has 1 fully saturated rings. The van der Waals surface area contributed by atoms with Crippen molar-refractivity contribution in [3.63, 3.8) is 0 Å². The van der Waals surface area contributed by atoms with Gasteiger partial charge in [0.05, 0.1) is 5.52 Å². The fourth-order valence-corrected chi connectivity index (χ4v) is 2.64. The molecule has 1 N–H and O–H groups in total. The van der Waals surface area contributed by atoms with Crippen molar-refractivity contribution >= 4 is 22.6 Å². The first-order valence-corrected chi connectivity index (χ1v) is 7.02. The largest absolute Gasteiger partial charge is 0.365 e. The highest BCUT2D eigenvalue weighted by molar-refractivity contribution is 5.88. The molecule has 20 heavy (non-hydrogen) atoms. The van der Waals surface area contributed by atoms with Crippen LogP contribution >= 0.6 is 0 Å². The molecule has 2 aromatic rings. The fourth-order valence-electron chi connectivity index (χ4n) is 2.64. The third kappa shape index (κ3) is 2.43. The van der Waals surface area contributed by atoms with Gasteiger partial charge in [0.15, 0.2) is 0 Å². The van der Waals surface area contributed by atoms with E-state index in [1.807, 2.05) is 36.1 Å². The molecule has 1 aliphatic rings. The summed E-state index contributed by atoms with van der Waals surface area (Å²) in [7, 11) is 0. The third-order valence-electron chi connectivity index (χ3n) is 3.73. The first-order valence-electron chi connectivity index (χ1n) is 7.02. The predicted octanol–water partition coefficient (Wildman–Crippen LogP) is 2.05. The molecular weight excluding hydrogens is 252 g/mol. The summed E-state index contributed by atoms with van der Waals surface area (Å²) in [5, 5.41) is 4.47. The molecule has 0 aliphatic carbocycles. The average molecular weight is 270 g/mol. The lowest BCUT2D eigenvalue weighted by molar-refractivity contribution is -0.129. The predicted molar refractivity (Wildman–Crippen MR) is 78.4 cm³/mol. The molecule has 1 saturated heterocycles. The van der Waals surface area contributed by atoms with E-state index in [0.29, 0.717) is 6.42 Å². The van der Waals surface area contributed by atoms with Gasteiger partial charge in [-0.2, -0.15) is 0 Å². The Morgan fingerprint density at radius 2 is 2.25 bits per heavy atom. The number of nitrogens with one attached hydrogen (secondary N) is 1. The van der Waals surface area contributed by atoms with Crippen molar-refractivity contribution in [3.8, 4) is 0 Å². The number of likely N-dealkylation sites (tertiary alicyclic amines) is 1. The fraction of sp³-hybridized carbons (Fsp3) is 0.400. The second-order valence-corrected chi connectivity index (χ2v) is 5.06.